The third-order valence-corrected chi connectivity index (χ3v) is 3.86. The highest BCUT2D eigenvalue weighted by Gasteiger charge is 2.12. The van der Waals surface area contributed by atoms with Crippen LogP contribution in [-0.2, 0) is 9.53 Å². The summed E-state index contributed by atoms with van der Waals surface area (Å²) < 4.78 is 4.94. The van der Waals surface area contributed by atoms with Crippen molar-refractivity contribution in [3.8, 4) is 0 Å². The first-order chi connectivity index (χ1) is 10.9. The third kappa shape index (κ3) is 4.37. The lowest BCUT2D eigenvalue weighted by atomic mass is 10.2. The first kappa shape index (κ1) is 17.1. The number of nitrogen functional groups attached to an aromatic ring is 1. The molecule has 0 aliphatic rings. The topological polar surface area (TPSA) is 81.4 Å². The van der Waals surface area contributed by atoms with Crippen LogP contribution >= 0.6 is 23.2 Å². The zero-order chi connectivity index (χ0) is 17.0. The molecule has 2 aromatic carbocycles. The summed E-state index contributed by atoms with van der Waals surface area (Å²) in [7, 11) is 0. The van der Waals surface area contributed by atoms with E-state index < -0.39 is 18.5 Å². The van der Waals surface area contributed by atoms with Crippen molar-refractivity contribution in [2.45, 2.75) is 6.92 Å². The van der Waals surface area contributed by atoms with E-state index in [1.54, 1.807) is 25.1 Å². The molecule has 0 saturated heterocycles. The van der Waals surface area contributed by atoms with Gasteiger partial charge in [-0.25, -0.2) is 4.79 Å². The van der Waals surface area contributed by atoms with E-state index in [2.05, 4.69) is 5.32 Å². The van der Waals surface area contributed by atoms with Gasteiger partial charge in [0.25, 0.3) is 5.91 Å². The highest BCUT2D eigenvalue weighted by Crippen LogP contribution is 2.23. The lowest BCUT2D eigenvalue weighted by Gasteiger charge is -2.10. The summed E-state index contributed by atoms with van der Waals surface area (Å²) in [5.41, 5.74) is 7.40. The number of carbonyl (C=O) groups is 2. The predicted molar refractivity (Wildman–Crippen MR) is 91.0 cm³/mol. The van der Waals surface area contributed by atoms with Gasteiger partial charge in [0.1, 0.15) is 0 Å². The maximum absolute atomic E-state index is 11.9. The summed E-state index contributed by atoms with van der Waals surface area (Å²) in [4.78, 5) is 23.7. The minimum absolute atomic E-state index is 0.221. The number of halogens is 2. The molecule has 7 heteroatoms. The summed E-state index contributed by atoms with van der Waals surface area (Å²) in [5.74, 6) is -1.13. The fourth-order valence-corrected chi connectivity index (χ4v) is 2.11. The van der Waals surface area contributed by atoms with E-state index in [1.807, 2.05) is 0 Å². The highest BCUT2D eigenvalue weighted by atomic mass is 35.5. The Hall–Kier alpha value is -2.24. The van der Waals surface area contributed by atoms with E-state index in [-0.39, 0.29) is 11.3 Å². The van der Waals surface area contributed by atoms with Crippen LogP contribution in [0.1, 0.15) is 15.9 Å². The summed E-state index contributed by atoms with van der Waals surface area (Å²) in [5, 5.41) is 3.51. The van der Waals surface area contributed by atoms with Crippen molar-refractivity contribution in [1.82, 2.24) is 0 Å². The molecule has 2 aromatic rings. The molecule has 1 amide bonds. The molecule has 2 rings (SSSR count). The second-order valence-electron chi connectivity index (χ2n) is 4.77. The van der Waals surface area contributed by atoms with E-state index in [0.717, 1.165) is 5.56 Å². The van der Waals surface area contributed by atoms with Crippen LogP contribution in [0.25, 0.3) is 0 Å². The van der Waals surface area contributed by atoms with Gasteiger partial charge in [0.15, 0.2) is 6.61 Å². The Morgan fingerprint density at radius 1 is 1.17 bits per heavy atom. The van der Waals surface area contributed by atoms with Crippen LogP contribution in [0.3, 0.4) is 0 Å². The SMILES string of the molecule is Cc1c(Cl)cccc1NC(=O)COC(=O)c1ccc(Cl)c(N)c1. The Labute approximate surface area is 143 Å². The number of nitrogens with two attached hydrogens (primary N) is 1. The standard InChI is InChI=1S/C16H14Cl2N2O3/c1-9-11(17)3-2-4-14(9)20-15(21)8-23-16(22)10-5-6-12(18)13(19)7-10/h2-7H,8,19H2,1H3,(H,20,21). The van der Waals surface area contributed by atoms with Gasteiger partial charge in [-0.05, 0) is 42.8 Å². The molecule has 0 aliphatic heterocycles. The molecule has 0 fully saturated rings. The molecule has 3 N–H and O–H groups in total. The first-order valence-corrected chi connectivity index (χ1v) is 7.41. The van der Waals surface area contributed by atoms with Gasteiger partial charge in [0, 0.05) is 10.7 Å². The number of ether oxygens (including phenoxy) is 1. The zero-order valence-electron chi connectivity index (χ0n) is 12.2. The maximum atomic E-state index is 11.9. The van der Waals surface area contributed by atoms with E-state index in [1.165, 1.54) is 18.2 Å². The second-order valence-corrected chi connectivity index (χ2v) is 5.59. The lowest BCUT2D eigenvalue weighted by Crippen LogP contribution is -2.21. The number of benzene rings is 2. The van der Waals surface area contributed by atoms with Crippen molar-refractivity contribution in [2.24, 2.45) is 0 Å². The Kier molecular flexibility index (Phi) is 5.47. The first-order valence-electron chi connectivity index (χ1n) is 6.65. The molecule has 0 unspecified atom stereocenters. The molecule has 0 aliphatic carbocycles. The fourth-order valence-electron chi connectivity index (χ4n) is 1.81. The van der Waals surface area contributed by atoms with Crippen molar-refractivity contribution in [3.05, 3.63) is 57.6 Å². The number of hydrogen-bond donors (Lipinski definition) is 2. The number of rotatable bonds is 4. The minimum Gasteiger partial charge on any atom is -0.452 e. The van der Waals surface area contributed by atoms with Crippen molar-refractivity contribution < 1.29 is 14.3 Å². The van der Waals surface area contributed by atoms with E-state index >= 15 is 0 Å². The molecule has 0 saturated carbocycles. The van der Waals surface area contributed by atoms with Gasteiger partial charge in [0.2, 0.25) is 0 Å². The average Bonchev–Trinajstić information content (AvgIpc) is 2.52. The van der Waals surface area contributed by atoms with Gasteiger partial charge in [-0.3, -0.25) is 4.79 Å². The number of amides is 1. The summed E-state index contributed by atoms with van der Waals surface area (Å²) >= 11 is 11.8. The van der Waals surface area contributed by atoms with Crippen LogP contribution in [0.4, 0.5) is 11.4 Å². The number of hydrogen-bond acceptors (Lipinski definition) is 4. The van der Waals surface area contributed by atoms with Crippen LogP contribution in [0.2, 0.25) is 10.0 Å². The minimum atomic E-state index is -0.661. The number of esters is 1. The highest BCUT2D eigenvalue weighted by molar-refractivity contribution is 6.33. The largest absolute Gasteiger partial charge is 0.452 e. The van der Waals surface area contributed by atoms with Crippen LogP contribution in [-0.4, -0.2) is 18.5 Å². The van der Waals surface area contributed by atoms with Crippen molar-refractivity contribution in [2.75, 3.05) is 17.7 Å². The van der Waals surface area contributed by atoms with Gasteiger partial charge in [-0.15, -0.1) is 0 Å². The monoisotopic (exact) mass is 352 g/mol. The Morgan fingerprint density at radius 3 is 2.61 bits per heavy atom. The average molecular weight is 353 g/mol. The lowest BCUT2D eigenvalue weighted by molar-refractivity contribution is -0.119. The van der Waals surface area contributed by atoms with Gasteiger partial charge >= 0.3 is 5.97 Å². The number of nitrogens with one attached hydrogen (secondary N) is 1. The smallest absolute Gasteiger partial charge is 0.338 e. The van der Waals surface area contributed by atoms with Gasteiger partial charge in [-0.1, -0.05) is 29.3 Å². The molecule has 0 spiro atoms. The molecule has 0 bridgehead atoms. The molecular weight excluding hydrogens is 339 g/mol. The second kappa shape index (κ2) is 7.35. The molecule has 5 nitrogen and oxygen atoms in total. The van der Waals surface area contributed by atoms with Gasteiger partial charge < -0.3 is 15.8 Å². The summed E-state index contributed by atoms with van der Waals surface area (Å²) in [6.45, 7) is 1.35. The van der Waals surface area contributed by atoms with Crippen LogP contribution in [0.5, 0.6) is 0 Å². The van der Waals surface area contributed by atoms with E-state index in [4.69, 9.17) is 33.7 Å². The molecule has 0 aromatic heterocycles. The molecule has 0 radical (unpaired) electrons. The zero-order valence-corrected chi connectivity index (χ0v) is 13.7. The van der Waals surface area contributed by atoms with E-state index in [0.29, 0.717) is 15.7 Å². The van der Waals surface area contributed by atoms with E-state index in [9.17, 15) is 9.59 Å². The van der Waals surface area contributed by atoms with Crippen LogP contribution < -0.4 is 11.1 Å². The number of carbonyl (C=O) groups excluding carboxylic acids is 2. The van der Waals surface area contributed by atoms with Gasteiger partial charge in [0.05, 0.1) is 16.3 Å². The van der Waals surface area contributed by atoms with Crippen molar-refractivity contribution >= 4 is 46.5 Å². The number of anilines is 2. The molecule has 0 heterocycles. The molecule has 120 valence electrons. The molecule has 0 atom stereocenters. The Bertz CT molecular complexity index is 763. The molecule has 23 heavy (non-hydrogen) atoms. The Balaban J connectivity index is 1.94. The maximum Gasteiger partial charge on any atom is 0.338 e. The van der Waals surface area contributed by atoms with Crippen LogP contribution in [0, 0.1) is 6.92 Å². The third-order valence-electron chi connectivity index (χ3n) is 3.11. The Morgan fingerprint density at radius 2 is 1.91 bits per heavy atom. The molecular formula is C16H14Cl2N2O3. The summed E-state index contributed by atoms with van der Waals surface area (Å²) in [6.07, 6.45) is 0. The van der Waals surface area contributed by atoms with Crippen molar-refractivity contribution in [3.63, 3.8) is 0 Å². The van der Waals surface area contributed by atoms with Crippen LogP contribution in [0.15, 0.2) is 36.4 Å². The normalized spacial score (nSPS) is 10.2. The summed E-state index contributed by atoms with van der Waals surface area (Å²) in [6, 6.07) is 9.50. The van der Waals surface area contributed by atoms with Crippen molar-refractivity contribution in [1.29, 1.82) is 0 Å². The quantitative estimate of drug-likeness (QED) is 0.649. The van der Waals surface area contributed by atoms with Gasteiger partial charge in [-0.2, -0.15) is 0 Å². The fraction of sp³-hybridized carbons (Fsp3) is 0.125. The predicted octanol–water partition coefficient (Wildman–Crippen LogP) is 3.68.